The Balaban J connectivity index is 2.19. The smallest absolute Gasteiger partial charge is 0.123 e. The van der Waals surface area contributed by atoms with Crippen LogP contribution < -0.4 is 4.90 Å². The summed E-state index contributed by atoms with van der Waals surface area (Å²) in [4.78, 5) is 8.80. The van der Waals surface area contributed by atoms with Crippen LogP contribution in [0, 0.1) is 19.7 Å². The highest BCUT2D eigenvalue weighted by Gasteiger charge is 2.09. The quantitative estimate of drug-likeness (QED) is 0.566. The topological polar surface area (TPSA) is 18.8 Å². The third-order valence-electron chi connectivity index (χ3n) is 4.15. The fourth-order valence-corrected chi connectivity index (χ4v) is 2.53. The zero-order chi connectivity index (χ0) is 17.7. The van der Waals surface area contributed by atoms with Crippen LogP contribution in [0.3, 0.4) is 0 Å². The second-order valence-electron chi connectivity index (χ2n) is 6.23. The minimum atomic E-state index is -0.201. The van der Waals surface area contributed by atoms with Crippen molar-refractivity contribution in [3.05, 3.63) is 58.9 Å². The lowest BCUT2D eigenvalue weighted by atomic mass is 10.1. The van der Waals surface area contributed by atoms with Crippen molar-refractivity contribution in [2.45, 2.75) is 27.3 Å². The molecule has 0 fully saturated rings. The molecule has 0 N–H and O–H groups in total. The van der Waals surface area contributed by atoms with E-state index in [1.165, 1.54) is 23.4 Å². The van der Waals surface area contributed by atoms with Gasteiger partial charge in [0, 0.05) is 32.9 Å². The van der Waals surface area contributed by atoms with Gasteiger partial charge in [-0.15, -0.1) is 0 Å². The lowest BCUT2D eigenvalue weighted by Gasteiger charge is -2.23. The summed E-state index contributed by atoms with van der Waals surface area (Å²) in [5, 5.41) is 0. The molecule has 0 amide bonds. The molecule has 0 saturated carbocycles. The van der Waals surface area contributed by atoms with Gasteiger partial charge in [0.2, 0.25) is 0 Å². The van der Waals surface area contributed by atoms with Crippen LogP contribution in [0.1, 0.15) is 23.6 Å². The molecule has 0 spiro atoms. The number of anilines is 1. The SMILES string of the molecule is CCN(C)C=Nc1cc(C)c(N(C)Cc2ccc(F)cc2)cc1C. The molecule has 4 heteroatoms. The van der Waals surface area contributed by atoms with Gasteiger partial charge in [0.15, 0.2) is 0 Å². The summed E-state index contributed by atoms with van der Waals surface area (Å²) in [6.07, 6.45) is 1.86. The number of aliphatic imine (C=N–C) groups is 1. The number of hydrogen-bond acceptors (Lipinski definition) is 2. The summed E-state index contributed by atoms with van der Waals surface area (Å²) in [7, 11) is 4.06. The zero-order valence-electron chi connectivity index (χ0n) is 15.2. The molecule has 0 atom stereocenters. The molecule has 128 valence electrons. The van der Waals surface area contributed by atoms with Gasteiger partial charge in [-0.25, -0.2) is 9.38 Å². The molecule has 2 aromatic carbocycles. The van der Waals surface area contributed by atoms with Gasteiger partial charge in [-0.2, -0.15) is 0 Å². The van der Waals surface area contributed by atoms with Crippen molar-refractivity contribution < 1.29 is 4.39 Å². The van der Waals surface area contributed by atoms with Gasteiger partial charge in [0.05, 0.1) is 12.0 Å². The maximum absolute atomic E-state index is 13.0. The van der Waals surface area contributed by atoms with E-state index >= 15 is 0 Å². The van der Waals surface area contributed by atoms with Crippen molar-refractivity contribution in [2.24, 2.45) is 4.99 Å². The van der Waals surface area contributed by atoms with Gasteiger partial charge >= 0.3 is 0 Å². The summed E-state index contributed by atoms with van der Waals surface area (Å²) in [6.45, 7) is 7.94. The van der Waals surface area contributed by atoms with E-state index in [2.05, 4.69) is 49.8 Å². The second-order valence-corrected chi connectivity index (χ2v) is 6.23. The van der Waals surface area contributed by atoms with Crippen LogP contribution in [0.25, 0.3) is 0 Å². The van der Waals surface area contributed by atoms with Gasteiger partial charge in [-0.3, -0.25) is 0 Å². The summed E-state index contributed by atoms with van der Waals surface area (Å²) in [5.74, 6) is -0.201. The molecule has 0 radical (unpaired) electrons. The van der Waals surface area contributed by atoms with Crippen LogP contribution in [0.4, 0.5) is 15.8 Å². The zero-order valence-corrected chi connectivity index (χ0v) is 15.2. The van der Waals surface area contributed by atoms with E-state index in [-0.39, 0.29) is 5.82 Å². The summed E-state index contributed by atoms with van der Waals surface area (Å²) >= 11 is 0. The molecule has 0 aromatic heterocycles. The third-order valence-corrected chi connectivity index (χ3v) is 4.15. The Bertz CT molecular complexity index is 708. The Labute approximate surface area is 144 Å². The number of rotatable bonds is 6. The number of benzene rings is 2. The Kier molecular flexibility index (Phi) is 5.96. The van der Waals surface area contributed by atoms with E-state index in [4.69, 9.17) is 0 Å². The van der Waals surface area contributed by atoms with Gasteiger partial charge in [-0.1, -0.05) is 12.1 Å². The molecule has 2 aromatic rings. The van der Waals surface area contributed by atoms with Crippen molar-refractivity contribution >= 4 is 17.7 Å². The summed E-state index contributed by atoms with van der Waals surface area (Å²) in [6, 6.07) is 10.9. The van der Waals surface area contributed by atoms with Crippen molar-refractivity contribution in [1.29, 1.82) is 0 Å². The maximum Gasteiger partial charge on any atom is 0.123 e. The third kappa shape index (κ3) is 4.57. The van der Waals surface area contributed by atoms with Gasteiger partial charge in [0.1, 0.15) is 5.82 Å². The fourth-order valence-electron chi connectivity index (χ4n) is 2.53. The molecule has 0 heterocycles. The first-order valence-corrected chi connectivity index (χ1v) is 8.22. The van der Waals surface area contributed by atoms with Crippen molar-refractivity contribution in [3.8, 4) is 0 Å². The molecular formula is C20H26FN3. The molecule has 0 aliphatic rings. The van der Waals surface area contributed by atoms with Crippen molar-refractivity contribution in [2.75, 3.05) is 25.5 Å². The molecule has 0 unspecified atom stereocenters. The van der Waals surface area contributed by atoms with Gasteiger partial charge in [0.25, 0.3) is 0 Å². The van der Waals surface area contributed by atoms with E-state index < -0.39 is 0 Å². The molecule has 24 heavy (non-hydrogen) atoms. The number of hydrogen-bond donors (Lipinski definition) is 0. The number of halogens is 1. The first kappa shape index (κ1) is 18.0. The highest BCUT2D eigenvalue weighted by Crippen LogP contribution is 2.29. The highest BCUT2D eigenvalue weighted by molar-refractivity contribution is 5.68. The van der Waals surface area contributed by atoms with Crippen molar-refractivity contribution in [3.63, 3.8) is 0 Å². The standard InChI is InChI=1S/C20H26FN3/c1-6-23(4)14-22-19-11-16(3)20(12-15(19)2)24(5)13-17-7-9-18(21)10-8-17/h7-12,14H,6,13H2,1-5H3. The van der Waals surface area contributed by atoms with E-state index in [0.29, 0.717) is 0 Å². The fraction of sp³-hybridized carbons (Fsp3) is 0.350. The van der Waals surface area contributed by atoms with Crippen molar-refractivity contribution in [1.82, 2.24) is 4.90 Å². The van der Waals surface area contributed by atoms with E-state index in [0.717, 1.165) is 29.9 Å². The predicted molar refractivity (Wildman–Crippen MR) is 101 cm³/mol. The van der Waals surface area contributed by atoms with Crippen LogP contribution in [0.2, 0.25) is 0 Å². The Morgan fingerprint density at radius 3 is 2.33 bits per heavy atom. The Hall–Kier alpha value is -2.36. The first-order chi connectivity index (χ1) is 11.4. The van der Waals surface area contributed by atoms with E-state index in [9.17, 15) is 4.39 Å². The Morgan fingerprint density at radius 1 is 1.04 bits per heavy atom. The summed E-state index contributed by atoms with van der Waals surface area (Å²) < 4.78 is 13.0. The summed E-state index contributed by atoms with van der Waals surface area (Å²) in [5.41, 5.74) is 5.56. The molecule has 2 rings (SSSR count). The minimum Gasteiger partial charge on any atom is -0.370 e. The Morgan fingerprint density at radius 2 is 1.71 bits per heavy atom. The first-order valence-electron chi connectivity index (χ1n) is 8.22. The largest absolute Gasteiger partial charge is 0.370 e. The normalized spacial score (nSPS) is 11.1. The molecule has 0 aliphatic heterocycles. The minimum absolute atomic E-state index is 0.201. The van der Waals surface area contributed by atoms with Gasteiger partial charge in [-0.05, 0) is 61.7 Å². The number of aryl methyl sites for hydroxylation is 2. The molecule has 3 nitrogen and oxygen atoms in total. The van der Waals surface area contributed by atoms with E-state index in [1.54, 1.807) is 0 Å². The van der Waals surface area contributed by atoms with Crippen LogP contribution in [0.15, 0.2) is 41.4 Å². The monoisotopic (exact) mass is 327 g/mol. The molecule has 0 saturated heterocycles. The molecular weight excluding hydrogens is 301 g/mol. The van der Waals surface area contributed by atoms with Crippen LogP contribution in [-0.4, -0.2) is 31.9 Å². The predicted octanol–water partition coefficient (Wildman–Crippen LogP) is 4.69. The van der Waals surface area contributed by atoms with Crippen LogP contribution in [0.5, 0.6) is 0 Å². The average Bonchev–Trinajstić information content (AvgIpc) is 2.56. The molecule has 0 bridgehead atoms. The number of nitrogens with zero attached hydrogens (tertiary/aromatic N) is 3. The van der Waals surface area contributed by atoms with E-state index in [1.807, 2.05) is 30.4 Å². The van der Waals surface area contributed by atoms with Gasteiger partial charge < -0.3 is 9.80 Å². The van der Waals surface area contributed by atoms with Crippen LogP contribution >= 0.6 is 0 Å². The maximum atomic E-state index is 13.0. The van der Waals surface area contributed by atoms with Crippen LogP contribution in [-0.2, 0) is 6.54 Å². The second kappa shape index (κ2) is 7.95. The highest BCUT2D eigenvalue weighted by atomic mass is 19.1. The average molecular weight is 327 g/mol. The molecule has 0 aliphatic carbocycles. The lowest BCUT2D eigenvalue weighted by Crippen LogP contribution is -2.17. The lowest BCUT2D eigenvalue weighted by molar-refractivity contribution is 0.552.